The van der Waals surface area contributed by atoms with Crippen LogP contribution in [0.4, 0.5) is 0 Å². The number of allylic oxidation sites excluding steroid dienone is 1. The number of fused-ring (bicyclic) bond motifs is 1. The second-order valence-electron chi connectivity index (χ2n) is 6.91. The first-order chi connectivity index (χ1) is 13.4. The van der Waals surface area contributed by atoms with E-state index >= 15 is 0 Å². The standard InChI is InChI=1S/C24H19N3/c1-3-7-18(8-4-1)23-21-11-14-24(17-22(21)26-27-23,19-9-5-2-6-10-19)20-12-15-25-16-13-20/h1-16H,17H2,(H,26,27). The second-order valence-corrected chi connectivity index (χ2v) is 6.91. The summed E-state index contributed by atoms with van der Waals surface area (Å²) in [4.78, 5) is 4.21. The highest BCUT2D eigenvalue weighted by molar-refractivity contribution is 5.76. The van der Waals surface area contributed by atoms with Crippen molar-refractivity contribution in [1.29, 1.82) is 0 Å². The van der Waals surface area contributed by atoms with Gasteiger partial charge in [-0.15, -0.1) is 0 Å². The first-order valence-electron chi connectivity index (χ1n) is 9.15. The molecule has 1 aliphatic carbocycles. The zero-order valence-corrected chi connectivity index (χ0v) is 14.8. The molecule has 0 aliphatic heterocycles. The van der Waals surface area contributed by atoms with Gasteiger partial charge in [0.05, 0.1) is 5.69 Å². The molecule has 2 heterocycles. The third kappa shape index (κ3) is 2.59. The van der Waals surface area contributed by atoms with Crippen LogP contribution in [0, 0.1) is 0 Å². The maximum absolute atomic E-state index is 4.63. The molecule has 1 atom stereocenters. The van der Waals surface area contributed by atoms with Crippen LogP contribution in [0.15, 0.2) is 91.3 Å². The van der Waals surface area contributed by atoms with Gasteiger partial charge in [0.1, 0.15) is 0 Å². The highest BCUT2D eigenvalue weighted by atomic mass is 15.1. The minimum Gasteiger partial charge on any atom is -0.281 e. The summed E-state index contributed by atoms with van der Waals surface area (Å²) in [5, 5.41) is 7.93. The van der Waals surface area contributed by atoms with Crippen LogP contribution < -0.4 is 0 Å². The summed E-state index contributed by atoms with van der Waals surface area (Å²) in [6.07, 6.45) is 9.12. The average Bonchev–Trinajstić information content (AvgIpc) is 3.18. The lowest BCUT2D eigenvalue weighted by atomic mass is 9.68. The topological polar surface area (TPSA) is 41.6 Å². The molecule has 0 radical (unpaired) electrons. The van der Waals surface area contributed by atoms with Crippen molar-refractivity contribution in [3.63, 3.8) is 0 Å². The fraction of sp³-hybridized carbons (Fsp3) is 0.0833. The lowest BCUT2D eigenvalue weighted by Crippen LogP contribution is -2.30. The zero-order chi connectivity index (χ0) is 18.1. The van der Waals surface area contributed by atoms with E-state index < -0.39 is 0 Å². The lowest BCUT2D eigenvalue weighted by molar-refractivity contribution is 0.619. The Morgan fingerprint density at radius 1 is 0.778 bits per heavy atom. The Bertz CT molecular complexity index is 1040. The van der Waals surface area contributed by atoms with Gasteiger partial charge in [-0.3, -0.25) is 10.1 Å². The lowest BCUT2D eigenvalue weighted by Gasteiger charge is -2.34. The number of nitrogens with one attached hydrogen (secondary N) is 1. The second kappa shape index (κ2) is 6.36. The summed E-state index contributed by atoms with van der Waals surface area (Å²) >= 11 is 0. The molecule has 0 fully saturated rings. The molecule has 2 aromatic carbocycles. The Balaban J connectivity index is 1.66. The minimum atomic E-state index is -0.225. The van der Waals surface area contributed by atoms with Crippen LogP contribution in [0.2, 0.25) is 0 Å². The normalized spacial score (nSPS) is 18.2. The SMILES string of the molecule is C1=CC(c2ccccc2)(c2ccncc2)Cc2[nH]nc(-c3ccccc3)c21. The fourth-order valence-corrected chi connectivity index (χ4v) is 4.03. The predicted molar refractivity (Wildman–Crippen MR) is 108 cm³/mol. The number of aromatic amines is 1. The van der Waals surface area contributed by atoms with Crippen molar-refractivity contribution in [2.45, 2.75) is 11.8 Å². The molecule has 1 aliphatic rings. The number of benzene rings is 2. The van der Waals surface area contributed by atoms with E-state index in [1.165, 1.54) is 16.7 Å². The van der Waals surface area contributed by atoms with Crippen LogP contribution in [-0.4, -0.2) is 15.2 Å². The zero-order valence-electron chi connectivity index (χ0n) is 14.8. The third-order valence-corrected chi connectivity index (χ3v) is 5.40. The average molecular weight is 349 g/mol. The Morgan fingerprint density at radius 2 is 1.44 bits per heavy atom. The molecule has 5 rings (SSSR count). The first-order valence-corrected chi connectivity index (χ1v) is 9.15. The monoisotopic (exact) mass is 349 g/mol. The van der Waals surface area contributed by atoms with Crippen LogP contribution in [0.25, 0.3) is 17.3 Å². The van der Waals surface area contributed by atoms with Gasteiger partial charge >= 0.3 is 0 Å². The van der Waals surface area contributed by atoms with Crippen molar-refractivity contribution >= 4 is 6.08 Å². The minimum absolute atomic E-state index is 0.225. The fourth-order valence-electron chi connectivity index (χ4n) is 4.03. The summed E-state index contributed by atoms with van der Waals surface area (Å²) in [5.41, 5.74) is 6.78. The Labute approximate surface area is 158 Å². The van der Waals surface area contributed by atoms with E-state index in [-0.39, 0.29) is 5.41 Å². The molecule has 0 bridgehead atoms. The summed E-state index contributed by atoms with van der Waals surface area (Å²) in [7, 11) is 0. The molecule has 2 aromatic heterocycles. The van der Waals surface area contributed by atoms with Crippen molar-refractivity contribution in [3.8, 4) is 11.3 Å². The van der Waals surface area contributed by atoms with Gasteiger partial charge in [0.25, 0.3) is 0 Å². The molecular formula is C24H19N3. The van der Waals surface area contributed by atoms with E-state index in [0.29, 0.717) is 0 Å². The molecule has 130 valence electrons. The Morgan fingerprint density at radius 3 is 2.19 bits per heavy atom. The molecule has 3 heteroatoms. The first kappa shape index (κ1) is 15.8. The summed E-state index contributed by atoms with van der Waals surface area (Å²) < 4.78 is 0. The van der Waals surface area contributed by atoms with Crippen molar-refractivity contribution < 1.29 is 0 Å². The van der Waals surface area contributed by atoms with Gasteiger partial charge in [0, 0.05) is 41.1 Å². The molecule has 1 N–H and O–H groups in total. The Hall–Kier alpha value is -3.46. The van der Waals surface area contributed by atoms with Crippen molar-refractivity contribution in [3.05, 3.63) is 114 Å². The number of H-pyrrole nitrogens is 1. The smallest absolute Gasteiger partial charge is 0.0995 e. The highest BCUT2D eigenvalue weighted by Gasteiger charge is 2.36. The summed E-state index contributed by atoms with van der Waals surface area (Å²) in [6.45, 7) is 0. The van der Waals surface area contributed by atoms with Gasteiger partial charge in [-0.2, -0.15) is 5.10 Å². The molecule has 4 aromatic rings. The molecule has 1 unspecified atom stereocenters. The molecule has 27 heavy (non-hydrogen) atoms. The van der Waals surface area contributed by atoms with Crippen molar-refractivity contribution in [2.24, 2.45) is 0 Å². The molecule has 0 saturated heterocycles. The maximum atomic E-state index is 4.63. The number of rotatable bonds is 3. The van der Waals surface area contributed by atoms with Crippen LogP contribution >= 0.6 is 0 Å². The van der Waals surface area contributed by atoms with Gasteiger partial charge in [0.15, 0.2) is 0 Å². The van der Waals surface area contributed by atoms with Gasteiger partial charge in [-0.1, -0.05) is 72.8 Å². The van der Waals surface area contributed by atoms with Gasteiger partial charge in [0.2, 0.25) is 0 Å². The van der Waals surface area contributed by atoms with Gasteiger partial charge in [-0.05, 0) is 23.3 Å². The number of hydrogen-bond donors (Lipinski definition) is 1. The number of nitrogens with zero attached hydrogens (tertiary/aromatic N) is 2. The summed E-state index contributed by atoms with van der Waals surface area (Å²) in [6, 6.07) is 25.2. The third-order valence-electron chi connectivity index (χ3n) is 5.40. The Kier molecular flexibility index (Phi) is 3.72. The predicted octanol–water partition coefficient (Wildman–Crippen LogP) is 5.03. The van der Waals surface area contributed by atoms with E-state index in [1.807, 2.05) is 30.6 Å². The molecule has 0 saturated carbocycles. The van der Waals surface area contributed by atoms with Crippen LogP contribution in [0.5, 0.6) is 0 Å². The van der Waals surface area contributed by atoms with E-state index in [9.17, 15) is 0 Å². The highest BCUT2D eigenvalue weighted by Crippen LogP contribution is 2.42. The van der Waals surface area contributed by atoms with Crippen LogP contribution in [0.3, 0.4) is 0 Å². The quantitative estimate of drug-likeness (QED) is 0.564. The summed E-state index contributed by atoms with van der Waals surface area (Å²) in [5.74, 6) is 0. The van der Waals surface area contributed by atoms with Gasteiger partial charge < -0.3 is 0 Å². The van der Waals surface area contributed by atoms with Crippen molar-refractivity contribution in [2.75, 3.05) is 0 Å². The van der Waals surface area contributed by atoms with E-state index in [2.05, 4.69) is 81.9 Å². The number of pyridine rings is 1. The molecule has 3 nitrogen and oxygen atoms in total. The van der Waals surface area contributed by atoms with E-state index in [1.54, 1.807) is 0 Å². The molecule has 0 spiro atoms. The van der Waals surface area contributed by atoms with Gasteiger partial charge in [-0.25, -0.2) is 0 Å². The largest absolute Gasteiger partial charge is 0.281 e. The number of hydrogen-bond acceptors (Lipinski definition) is 2. The van der Waals surface area contributed by atoms with E-state index in [0.717, 1.165) is 23.4 Å². The van der Waals surface area contributed by atoms with Crippen molar-refractivity contribution in [1.82, 2.24) is 15.2 Å². The number of aromatic nitrogens is 3. The van der Waals surface area contributed by atoms with E-state index in [4.69, 9.17) is 0 Å². The molecule has 0 amide bonds. The maximum Gasteiger partial charge on any atom is 0.0995 e. The molecular weight excluding hydrogens is 330 g/mol. The van der Waals surface area contributed by atoms with Crippen LogP contribution in [0.1, 0.15) is 22.4 Å². The van der Waals surface area contributed by atoms with Crippen LogP contribution in [-0.2, 0) is 11.8 Å².